The number of ether oxygens (including phenoxy) is 2. The van der Waals surface area contributed by atoms with Gasteiger partial charge in [0, 0.05) is 32.4 Å². The highest BCUT2D eigenvalue weighted by molar-refractivity contribution is 5.80. The van der Waals surface area contributed by atoms with Crippen molar-refractivity contribution in [1.29, 1.82) is 0 Å². The molecule has 22 heavy (non-hydrogen) atoms. The van der Waals surface area contributed by atoms with E-state index in [1.807, 2.05) is 17.0 Å². The van der Waals surface area contributed by atoms with Gasteiger partial charge in [0.05, 0.1) is 13.2 Å². The van der Waals surface area contributed by atoms with Gasteiger partial charge in [0.2, 0.25) is 0 Å². The smallest absolute Gasteiger partial charge is 0.251 e. The van der Waals surface area contributed by atoms with Crippen LogP contribution in [0, 0.1) is 0 Å². The summed E-state index contributed by atoms with van der Waals surface area (Å²) in [6.07, 6.45) is 3.03. The Morgan fingerprint density at radius 1 is 1.45 bits per heavy atom. The first-order chi connectivity index (χ1) is 10.7. The highest BCUT2D eigenvalue weighted by atomic mass is 16.5. The largest absolute Gasteiger partial charge is 0.382 e. The number of nitrogens with one attached hydrogen (secondary N) is 1. The first-order valence-electron chi connectivity index (χ1n) is 7.64. The molecule has 0 aliphatic carbocycles. The van der Waals surface area contributed by atoms with E-state index >= 15 is 0 Å². The topological polar surface area (TPSA) is 76.6 Å². The monoisotopic (exact) mass is 308 g/mol. The van der Waals surface area contributed by atoms with E-state index in [0.717, 1.165) is 31.7 Å². The van der Waals surface area contributed by atoms with Gasteiger partial charge in [-0.15, -0.1) is 5.10 Å². The molecule has 0 aromatic carbocycles. The number of methoxy groups -OCH3 is 1. The molecule has 1 aliphatic rings. The van der Waals surface area contributed by atoms with Crippen LogP contribution in [0.15, 0.2) is 18.3 Å². The Morgan fingerprint density at radius 3 is 2.86 bits per heavy atom. The average Bonchev–Trinajstić information content (AvgIpc) is 2.56. The fourth-order valence-corrected chi connectivity index (χ4v) is 2.47. The van der Waals surface area contributed by atoms with Gasteiger partial charge >= 0.3 is 0 Å². The third kappa shape index (κ3) is 4.92. The zero-order valence-corrected chi connectivity index (χ0v) is 13.2. The fourth-order valence-electron chi connectivity index (χ4n) is 2.47. The Bertz CT molecular complexity index is 449. The molecule has 1 fully saturated rings. The molecular formula is C15H24N4O3. The molecule has 0 spiro atoms. The van der Waals surface area contributed by atoms with Gasteiger partial charge in [-0.2, -0.15) is 5.10 Å². The summed E-state index contributed by atoms with van der Waals surface area (Å²) in [6, 6.07) is 4.08. The summed E-state index contributed by atoms with van der Waals surface area (Å²) in [6.45, 7) is 4.20. The standard InChI is InChI=1S/C15H24N4O3/c1-12(22-11-10-21-2)15(20)19-8-5-13(6-9-19)17-14-4-3-7-16-18-14/h3-4,7,12-13H,5-6,8-11H2,1-2H3,(H,17,18). The Morgan fingerprint density at radius 2 is 2.23 bits per heavy atom. The molecule has 2 heterocycles. The molecule has 1 amide bonds. The van der Waals surface area contributed by atoms with E-state index < -0.39 is 6.10 Å². The molecule has 7 heteroatoms. The van der Waals surface area contributed by atoms with Crippen LogP contribution in [0.2, 0.25) is 0 Å². The summed E-state index contributed by atoms with van der Waals surface area (Å²) in [5, 5.41) is 11.2. The number of carbonyl (C=O) groups is 1. The summed E-state index contributed by atoms with van der Waals surface area (Å²) >= 11 is 0. The SMILES string of the molecule is COCCOC(C)C(=O)N1CCC(Nc2cccnn2)CC1. The van der Waals surface area contributed by atoms with Crippen molar-refractivity contribution in [2.45, 2.75) is 31.9 Å². The molecule has 122 valence electrons. The highest BCUT2D eigenvalue weighted by Crippen LogP contribution is 2.16. The van der Waals surface area contributed by atoms with Gasteiger partial charge in [-0.1, -0.05) is 0 Å². The number of carbonyl (C=O) groups excluding carboxylic acids is 1. The maximum absolute atomic E-state index is 12.3. The van der Waals surface area contributed by atoms with Gasteiger partial charge in [-0.05, 0) is 31.9 Å². The number of rotatable bonds is 7. The van der Waals surface area contributed by atoms with E-state index in [-0.39, 0.29) is 5.91 Å². The third-order valence-corrected chi connectivity index (χ3v) is 3.73. The lowest BCUT2D eigenvalue weighted by atomic mass is 10.0. The van der Waals surface area contributed by atoms with Gasteiger partial charge in [0.15, 0.2) is 0 Å². The van der Waals surface area contributed by atoms with E-state index in [0.29, 0.717) is 19.3 Å². The molecule has 1 aliphatic heterocycles. The molecule has 1 saturated heterocycles. The number of piperidine rings is 1. The van der Waals surface area contributed by atoms with Crippen LogP contribution in [0.4, 0.5) is 5.82 Å². The maximum atomic E-state index is 12.3. The molecule has 1 unspecified atom stereocenters. The first-order valence-corrected chi connectivity index (χ1v) is 7.64. The molecule has 0 saturated carbocycles. The summed E-state index contributed by atoms with van der Waals surface area (Å²) in [5.41, 5.74) is 0. The number of hydrogen-bond acceptors (Lipinski definition) is 6. The quantitative estimate of drug-likeness (QED) is 0.755. The van der Waals surface area contributed by atoms with E-state index in [4.69, 9.17) is 9.47 Å². The Kier molecular flexibility index (Phi) is 6.54. The predicted molar refractivity (Wildman–Crippen MR) is 82.5 cm³/mol. The zero-order valence-electron chi connectivity index (χ0n) is 13.2. The van der Waals surface area contributed by atoms with Crippen molar-refractivity contribution in [3.8, 4) is 0 Å². The van der Waals surface area contributed by atoms with Crippen molar-refractivity contribution in [1.82, 2.24) is 15.1 Å². The van der Waals surface area contributed by atoms with Crippen molar-refractivity contribution >= 4 is 11.7 Å². The van der Waals surface area contributed by atoms with E-state index in [1.165, 1.54) is 0 Å². The number of amides is 1. The van der Waals surface area contributed by atoms with Crippen LogP contribution in [0.5, 0.6) is 0 Å². The second-order valence-corrected chi connectivity index (χ2v) is 5.36. The molecule has 1 aromatic heterocycles. The lowest BCUT2D eigenvalue weighted by Crippen LogP contribution is -2.46. The van der Waals surface area contributed by atoms with Crippen LogP contribution in [-0.4, -0.2) is 66.6 Å². The zero-order chi connectivity index (χ0) is 15.8. The predicted octanol–water partition coefficient (Wildman–Crippen LogP) is 0.931. The van der Waals surface area contributed by atoms with E-state index in [2.05, 4.69) is 15.5 Å². The van der Waals surface area contributed by atoms with Gasteiger partial charge in [-0.3, -0.25) is 4.79 Å². The Hall–Kier alpha value is -1.73. The first kappa shape index (κ1) is 16.6. The minimum absolute atomic E-state index is 0.0501. The molecule has 0 radical (unpaired) electrons. The highest BCUT2D eigenvalue weighted by Gasteiger charge is 2.26. The van der Waals surface area contributed by atoms with Crippen LogP contribution in [-0.2, 0) is 14.3 Å². The van der Waals surface area contributed by atoms with Crippen LogP contribution in [0.1, 0.15) is 19.8 Å². The van der Waals surface area contributed by atoms with Gasteiger partial charge < -0.3 is 19.7 Å². The van der Waals surface area contributed by atoms with Gasteiger partial charge in [0.25, 0.3) is 5.91 Å². The molecule has 1 aromatic rings. The van der Waals surface area contributed by atoms with Crippen LogP contribution in [0.25, 0.3) is 0 Å². The molecule has 1 atom stereocenters. The second kappa shape index (κ2) is 8.65. The molecule has 2 rings (SSSR count). The van der Waals surface area contributed by atoms with Crippen molar-refractivity contribution in [3.63, 3.8) is 0 Å². The van der Waals surface area contributed by atoms with Crippen molar-refractivity contribution in [3.05, 3.63) is 18.3 Å². The average molecular weight is 308 g/mol. The lowest BCUT2D eigenvalue weighted by molar-refractivity contribution is -0.144. The number of likely N-dealkylation sites (tertiary alicyclic amines) is 1. The maximum Gasteiger partial charge on any atom is 0.251 e. The van der Waals surface area contributed by atoms with Crippen molar-refractivity contribution < 1.29 is 14.3 Å². The summed E-state index contributed by atoms with van der Waals surface area (Å²) < 4.78 is 10.4. The number of aromatic nitrogens is 2. The number of hydrogen-bond donors (Lipinski definition) is 1. The van der Waals surface area contributed by atoms with Gasteiger partial charge in [0.1, 0.15) is 11.9 Å². The summed E-state index contributed by atoms with van der Waals surface area (Å²) in [5.74, 6) is 0.831. The van der Waals surface area contributed by atoms with Crippen LogP contribution < -0.4 is 5.32 Å². The molecular weight excluding hydrogens is 284 g/mol. The van der Waals surface area contributed by atoms with Crippen molar-refractivity contribution in [2.75, 3.05) is 38.7 Å². The molecule has 0 bridgehead atoms. The van der Waals surface area contributed by atoms with E-state index in [9.17, 15) is 4.79 Å². The minimum Gasteiger partial charge on any atom is -0.382 e. The Balaban J connectivity index is 1.73. The normalized spacial score (nSPS) is 17.3. The van der Waals surface area contributed by atoms with Crippen LogP contribution in [0.3, 0.4) is 0 Å². The summed E-state index contributed by atoms with van der Waals surface area (Å²) in [4.78, 5) is 14.1. The number of nitrogens with zero attached hydrogens (tertiary/aromatic N) is 3. The Labute approximate surface area is 131 Å². The van der Waals surface area contributed by atoms with Crippen LogP contribution >= 0.6 is 0 Å². The molecule has 7 nitrogen and oxygen atoms in total. The van der Waals surface area contributed by atoms with Crippen molar-refractivity contribution in [2.24, 2.45) is 0 Å². The van der Waals surface area contributed by atoms with Gasteiger partial charge in [-0.25, -0.2) is 0 Å². The fraction of sp³-hybridized carbons (Fsp3) is 0.667. The van der Waals surface area contributed by atoms with E-state index in [1.54, 1.807) is 20.2 Å². The third-order valence-electron chi connectivity index (χ3n) is 3.73. The minimum atomic E-state index is -0.417. The number of anilines is 1. The lowest BCUT2D eigenvalue weighted by Gasteiger charge is -2.34. The molecule has 1 N–H and O–H groups in total. The summed E-state index contributed by atoms with van der Waals surface area (Å²) in [7, 11) is 1.62. The second-order valence-electron chi connectivity index (χ2n) is 5.36.